The van der Waals surface area contributed by atoms with Gasteiger partial charge < -0.3 is 15.5 Å². The van der Waals surface area contributed by atoms with E-state index >= 15 is 0 Å². The number of hydrogen-bond donors (Lipinski definition) is 2. The highest BCUT2D eigenvalue weighted by molar-refractivity contribution is 5.78. The van der Waals surface area contributed by atoms with Gasteiger partial charge in [-0.3, -0.25) is 9.69 Å². The first-order chi connectivity index (χ1) is 14.3. The van der Waals surface area contributed by atoms with Crippen LogP contribution in [0.25, 0.3) is 5.69 Å². The van der Waals surface area contributed by atoms with E-state index in [4.69, 9.17) is 0 Å². The Morgan fingerprint density at radius 3 is 2.37 bits per heavy atom. The Balaban J connectivity index is 1.51. The van der Waals surface area contributed by atoms with Crippen LogP contribution < -0.4 is 10.6 Å². The molecule has 8 heteroatoms. The van der Waals surface area contributed by atoms with E-state index in [2.05, 4.69) is 20.6 Å². The zero-order valence-corrected chi connectivity index (χ0v) is 18.3. The zero-order valence-electron chi connectivity index (χ0n) is 18.3. The fraction of sp³-hybridized carbons (Fsp3) is 0.500. The summed E-state index contributed by atoms with van der Waals surface area (Å²) in [6.45, 7) is 11.3. The Morgan fingerprint density at radius 1 is 1.07 bits per heavy atom. The Morgan fingerprint density at radius 2 is 1.73 bits per heavy atom. The second kappa shape index (κ2) is 9.75. The molecule has 0 unspecified atom stereocenters. The van der Waals surface area contributed by atoms with Gasteiger partial charge in [-0.05, 0) is 39.8 Å². The minimum atomic E-state index is -0.0763. The minimum absolute atomic E-state index is 0.0317. The van der Waals surface area contributed by atoms with E-state index in [1.54, 1.807) is 0 Å². The van der Waals surface area contributed by atoms with E-state index in [0.717, 1.165) is 22.6 Å². The standard InChI is InChI=1S/C22H32N6O2/c1-16(2)24-21(29)15-26-10-12-27(13-11-26)22(30)23-14-20-17(3)25-28(18(20)4)19-8-6-5-7-9-19/h5-9,16H,10-15H2,1-4H3,(H,23,30)(H,24,29). The first-order valence-corrected chi connectivity index (χ1v) is 10.5. The Labute approximate surface area is 178 Å². The lowest BCUT2D eigenvalue weighted by Crippen LogP contribution is -2.53. The van der Waals surface area contributed by atoms with Crippen molar-refractivity contribution in [2.75, 3.05) is 32.7 Å². The van der Waals surface area contributed by atoms with E-state index in [9.17, 15) is 9.59 Å². The largest absolute Gasteiger partial charge is 0.353 e. The molecule has 1 aromatic heterocycles. The van der Waals surface area contributed by atoms with Crippen LogP contribution in [0.15, 0.2) is 30.3 Å². The molecule has 1 aromatic carbocycles. The van der Waals surface area contributed by atoms with Crippen LogP contribution in [-0.4, -0.2) is 70.3 Å². The maximum atomic E-state index is 12.6. The molecule has 0 saturated carbocycles. The SMILES string of the molecule is Cc1nn(-c2ccccc2)c(C)c1CNC(=O)N1CCN(CC(=O)NC(C)C)CC1. The molecule has 2 N–H and O–H groups in total. The molecule has 1 saturated heterocycles. The van der Waals surface area contributed by atoms with Gasteiger partial charge >= 0.3 is 6.03 Å². The molecule has 2 aromatic rings. The number of carbonyl (C=O) groups excluding carboxylic acids is 2. The minimum Gasteiger partial charge on any atom is -0.353 e. The Hall–Kier alpha value is -2.87. The van der Waals surface area contributed by atoms with Crippen molar-refractivity contribution in [2.45, 2.75) is 40.3 Å². The van der Waals surface area contributed by atoms with Crippen molar-refractivity contribution in [3.8, 4) is 5.69 Å². The predicted octanol–water partition coefficient (Wildman–Crippen LogP) is 1.84. The summed E-state index contributed by atoms with van der Waals surface area (Å²) in [6.07, 6.45) is 0. The number of para-hydroxylation sites is 1. The lowest BCUT2D eigenvalue weighted by Gasteiger charge is -2.34. The second-order valence-electron chi connectivity index (χ2n) is 8.04. The summed E-state index contributed by atoms with van der Waals surface area (Å²) in [7, 11) is 0. The van der Waals surface area contributed by atoms with Crippen molar-refractivity contribution in [2.24, 2.45) is 0 Å². The van der Waals surface area contributed by atoms with E-state index in [1.165, 1.54) is 0 Å². The Kier molecular flexibility index (Phi) is 7.10. The lowest BCUT2D eigenvalue weighted by atomic mass is 10.2. The van der Waals surface area contributed by atoms with Crippen LogP contribution >= 0.6 is 0 Å². The van der Waals surface area contributed by atoms with E-state index in [1.807, 2.05) is 67.6 Å². The van der Waals surface area contributed by atoms with Gasteiger partial charge in [0, 0.05) is 50.0 Å². The van der Waals surface area contributed by atoms with Crippen molar-refractivity contribution >= 4 is 11.9 Å². The van der Waals surface area contributed by atoms with Crippen LogP contribution in [-0.2, 0) is 11.3 Å². The number of nitrogens with zero attached hydrogens (tertiary/aromatic N) is 4. The highest BCUT2D eigenvalue weighted by Crippen LogP contribution is 2.17. The molecule has 1 aliphatic heterocycles. The first kappa shape index (κ1) is 21.8. The van der Waals surface area contributed by atoms with Crippen molar-refractivity contribution in [3.63, 3.8) is 0 Å². The van der Waals surface area contributed by atoms with Crippen LogP contribution in [0.5, 0.6) is 0 Å². The van der Waals surface area contributed by atoms with E-state index in [0.29, 0.717) is 39.3 Å². The number of hydrogen-bond acceptors (Lipinski definition) is 4. The third-order valence-corrected chi connectivity index (χ3v) is 5.33. The van der Waals surface area contributed by atoms with E-state index < -0.39 is 0 Å². The van der Waals surface area contributed by atoms with Crippen LogP contribution in [0.2, 0.25) is 0 Å². The number of rotatable bonds is 6. The lowest BCUT2D eigenvalue weighted by molar-refractivity contribution is -0.123. The molecule has 30 heavy (non-hydrogen) atoms. The van der Waals surface area contributed by atoms with Gasteiger partial charge in [0.25, 0.3) is 0 Å². The summed E-state index contributed by atoms with van der Waals surface area (Å²) in [6, 6.07) is 10.0. The smallest absolute Gasteiger partial charge is 0.317 e. The predicted molar refractivity (Wildman–Crippen MR) is 117 cm³/mol. The number of benzene rings is 1. The fourth-order valence-electron chi connectivity index (χ4n) is 3.71. The van der Waals surface area contributed by atoms with Crippen molar-refractivity contribution in [1.29, 1.82) is 0 Å². The maximum absolute atomic E-state index is 12.6. The molecule has 0 bridgehead atoms. The van der Waals surface area contributed by atoms with Crippen molar-refractivity contribution in [1.82, 2.24) is 30.2 Å². The quantitative estimate of drug-likeness (QED) is 0.759. The van der Waals surface area contributed by atoms with Gasteiger partial charge in [0.05, 0.1) is 17.9 Å². The van der Waals surface area contributed by atoms with Gasteiger partial charge in [-0.25, -0.2) is 9.48 Å². The monoisotopic (exact) mass is 412 g/mol. The van der Waals surface area contributed by atoms with Gasteiger partial charge in [-0.1, -0.05) is 18.2 Å². The summed E-state index contributed by atoms with van der Waals surface area (Å²) < 4.78 is 1.91. The molecule has 162 valence electrons. The van der Waals surface area contributed by atoms with Gasteiger partial charge in [0.2, 0.25) is 5.91 Å². The summed E-state index contributed by atoms with van der Waals surface area (Å²) in [4.78, 5) is 28.4. The molecular weight excluding hydrogens is 380 g/mol. The summed E-state index contributed by atoms with van der Waals surface area (Å²) in [5.41, 5.74) is 3.99. The van der Waals surface area contributed by atoms with E-state index in [-0.39, 0.29) is 18.0 Å². The average molecular weight is 413 g/mol. The number of urea groups is 1. The van der Waals surface area contributed by atoms with Crippen molar-refractivity contribution in [3.05, 3.63) is 47.3 Å². The third kappa shape index (κ3) is 5.38. The first-order valence-electron chi connectivity index (χ1n) is 10.5. The molecular formula is C22H32N6O2. The zero-order chi connectivity index (χ0) is 21.7. The number of aromatic nitrogens is 2. The van der Waals surface area contributed by atoms with Crippen LogP contribution in [0.4, 0.5) is 4.79 Å². The van der Waals surface area contributed by atoms with Crippen molar-refractivity contribution < 1.29 is 9.59 Å². The second-order valence-corrected chi connectivity index (χ2v) is 8.04. The molecule has 2 heterocycles. The average Bonchev–Trinajstić information content (AvgIpc) is 3.00. The number of aryl methyl sites for hydroxylation is 1. The van der Waals surface area contributed by atoms with Gasteiger partial charge in [-0.15, -0.1) is 0 Å². The third-order valence-electron chi connectivity index (χ3n) is 5.33. The summed E-state index contributed by atoms with van der Waals surface area (Å²) >= 11 is 0. The van der Waals surface area contributed by atoms with Crippen LogP contribution in [0.3, 0.4) is 0 Å². The van der Waals surface area contributed by atoms with Crippen LogP contribution in [0, 0.1) is 13.8 Å². The summed E-state index contributed by atoms with van der Waals surface area (Å²) in [5, 5.41) is 10.6. The molecule has 1 aliphatic rings. The Bertz CT molecular complexity index is 869. The number of nitrogens with one attached hydrogen (secondary N) is 2. The molecule has 0 spiro atoms. The summed E-state index contributed by atoms with van der Waals surface area (Å²) in [5.74, 6) is 0.0317. The maximum Gasteiger partial charge on any atom is 0.317 e. The molecule has 0 radical (unpaired) electrons. The molecule has 3 amide bonds. The molecule has 1 fully saturated rings. The normalized spacial score (nSPS) is 14.8. The highest BCUT2D eigenvalue weighted by atomic mass is 16.2. The molecule has 3 rings (SSSR count). The molecule has 0 aliphatic carbocycles. The number of amides is 3. The van der Waals surface area contributed by atoms with Gasteiger partial charge in [0.1, 0.15) is 0 Å². The number of carbonyl (C=O) groups is 2. The van der Waals surface area contributed by atoms with Crippen LogP contribution in [0.1, 0.15) is 30.8 Å². The van der Waals surface area contributed by atoms with Gasteiger partial charge in [0.15, 0.2) is 0 Å². The van der Waals surface area contributed by atoms with Gasteiger partial charge in [-0.2, -0.15) is 5.10 Å². The number of piperazine rings is 1. The topological polar surface area (TPSA) is 82.5 Å². The highest BCUT2D eigenvalue weighted by Gasteiger charge is 2.23. The molecule has 8 nitrogen and oxygen atoms in total. The fourth-order valence-corrected chi connectivity index (χ4v) is 3.71. The molecule has 0 atom stereocenters.